The maximum Gasteiger partial charge on any atom is 0.382 e. The fourth-order valence-electron chi connectivity index (χ4n) is 2.74. The molecule has 7 nitrogen and oxygen atoms in total. The topological polar surface area (TPSA) is 95.1 Å². The first kappa shape index (κ1) is 17.8. The highest BCUT2D eigenvalue weighted by atomic mass is 32.2. The fraction of sp³-hybridized carbons (Fsp3) is 0.222. The summed E-state index contributed by atoms with van der Waals surface area (Å²) in [4.78, 5) is 12.7. The molecule has 2 aromatic heterocycles. The van der Waals surface area contributed by atoms with Gasteiger partial charge in [-0.15, -0.1) is 11.8 Å². The number of hydrogen-bond donors (Lipinski definition) is 0. The second-order valence-corrected chi connectivity index (χ2v) is 6.21. The molecule has 3 aromatic rings. The van der Waals surface area contributed by atoms with Gasteiger partial charge in [-0.25, -0.2) is 9.36 Å². The molecule has 0 radical (unpaired) electrons. The normalized spacial score (nSPS) is 10.7. The van der Waals surface area contributed by atoms with Crippen LogP contribution in [0, 0.1) is 11.3 Å². The van der Waals surface area contributed by atoms with E-state index in [2.05, 4.69) is 5.10 Å². The maximum atomic E-state index is 12.9. The number of carbonyl (C=O) groups is 1. The summed E-state index contributed by atoms with van der Waals surface area (Å²) in [5.41, 5.74) is 1.15. The third-order valence-electron chi connectivity index (χ3n) is 3.84. The van der Waals surface area contributed by atoms with Crippen molar-refractivity contribution < 1.29 is 19.2 Å². The van der Waals surface area contributed by atoms with Crippen molar-refractivity contribution in [2.45, 2.75) is 18.4 Å². The molecule has 0 amide bonds. The Hall–Kier alpha value is -3.05. The number of nitriles is 1. The third-order valence-corrected chi connectivity index (χ3v) is 4.65. The van der Waals surface area contributed by atoms with Crippen molar-refractivity contribution >= 4 is 23.4 Å². The van der Waals surface area contributed by atoms with Crippen LogP contribution in [-0.2, 0) is 11.3 Å². The summed E-state index contributed by atoms with van der Waals surface area (Å²) >= 11 is 1.15. The molecular formula is C18H16N4O3S. The zero-order valence-electron chi connectivity index (χ0n) is 14.3. The number of thioether (sulfide) groups is 1. The predicted molar refractivity (Wildman–Crippen MR) is 92.8 cm³/mol. The number of nitrogens with zero attached hydrogens (tertiary/aromatic N) is 4. The van der Waals surface area contributed by atoms with E-state index >= 15 is 0 Å². The smallest absolute Gasteiger partial charge is 0.382 e. The van der Waals surface area contributed by atoms with Crippen LogP contribution >= 0.6 is 11.8 Å². The molecule has 0 fully saturated rings. The second-order valence-electron chi connectivity index (χ2n) is 5.40. The zero-order valence-corrected chi connectivity index (χ0v) is 15.1. The molecule has 0 aliphatic heterocycles. The highest BCUT2D eigenvalue weighted by molar-refractivity contribution is 7.98. The van der Waals surface area contributed by atoms with Gasteiger partial charge in [-0.05, 0) is 23.8 Å². The molecule has 0 aliphatic rings. The molecule has 8 heteroatoms. The number of benzene rings is 1. The molecule has 3 rings (SSSR count). The Balaban J connectivity index is 2.28. The van der Waals surface area contributed by atoms with E-state index < -0.39 is 11.7 Å². The van der Waals surface area contributed by atoms with Crippen LogP contribution in [-0.4, -0.2) is 28.5 Å². The van der Waals surface area contributed by atoms with E-state index in [4.69, 9.17) is 4.74 Å². The Morgan fingerprint density at radius 3 is 2.77 bits per heavy atom. The maximum absolute atomic E-state index is 12.9. The van der Waals surface area contributed by atoms with E-state index in [1.54, 1.807) is 17.7 Å². The van der Waals surface area contributed by atoms with Crippen LogP contribution in [0.5, 0.6) is 5.75 Å². The minimum atomic E-state index is -0.617. The quantitative estimate of drug-likeness (QED) is 0.385. The van der Waals surface area contributed by atoms with Crippen molar-refractivity contribution in [2.24, 2.45) is 0 Å². The number of rotatable bonds is 5. The van der Waals surface area contributed by atoms with Crippen molar-refractivity contribution in [2.75, 3.05) is 12.9 Å². The van der Waals surface area contributed by atoms with Gasteiger partial charge in [-0.2, -0.15) is 5.26 Å². The van der Waals surface area contributed by atoms with E-state index in [0.29, 0.717) is 6.54 Å². The minimum absolute atomic E-state index is 0.0737. The lowest BCUT2D eigenvalue weighted by molar-refractivity contribution is -0.586. The summed E-state index contributed by atoms with van der Waals surface area (Å²) in [6.45, 7) is 2.27. The molecule has 132 valence electrons. The van der Waals surface area contributed by atoms with Gasteiger partial charge in [0, 0.05) is 5.75 Å². The van der Waals surface area contributed by atoms with Crippen LogP contribution in [0.25, 0.3) is 5.65 Å². The first-order valence-electron chi connectivity index (χ1n) is 7.91. The van der Waals surface area contributed by atoms with Gasteiger partial charge in [0.1, 0.15) is 12.6 Å². The van der Waals surface area contributed by atoms with Gasteiger partial charge in [-0.3, -0.25) is 0 Å². The monoisotopic (exact) mass is 368 g/mol. The lowest BCUT2D eigenvalue weighted by Crippen LogP contribution is -2.36. The van der Waals surface area contributed by atoms with Gasteiger partial charge in [0.25, 0.3) is 5.69 Å². The van der Waals surface area contributed by atoms with Gasteiger partial charge in [0.2, 0.25) is 6.33 Å². The highest BCUT2D eigenvalue weighted by Gasteiger charge is 2.30. The number of fused-ring (bicyclic) bond motifs is 1. The molecular weight excluding hydrogens is 352 g/mol. The highest BCUT2D eigenvalue weighted by Crippen LogP contribution is 2.30. The number of carbonyl (C=O) groups excluding carboxylic acids is 1. The van der Waals surface area contributed by atoms with Crippen LogP contribution in [0.4, 0.5) is 0 Å². The van der Waals surface area contributed by atoms with Gasteiger partial charge >= 0.3 is 11.6 Å². The van der Waals surface area contributed by atoms with Crippen LogP contribution in [0.3, 0.4) is 0 Å². The van der Waals surface area contributed by atoms with E-state index in [1.165, 1.54) is 10.8 Å². The lowest BCUT2D eigenvalue weighted by atomic mass is 10.2. The van der Waals surface area contributed by atoms with E-state index in [9.17, 15) is 15.2 Å². The van der Waals surface area contributed by atoms with Crippen molar-refractivity contribution in [1.82, 2.24) is 9.67 Å². The molecule has 2 heterocycles. The van der Waals surface area contributed by atoms with Gasteiger partial charge in [0.05, 0.1) is 17.1 Å². The van der Waals surface area contributed by atoms with E-state index in [1.807, 2.05) is 36.4 Å². The summed E-state index contributed by atoms with van der Waals surface area (Å²) in [7, 11) is 0. The Morgan fingerprint density at radius 1 is 1.42 bits per heavy atom. The number of ether oxygens (including phenoxy) is 1. The summed E-state index contributed by atoms with van der Waals surface area (Å²) in [5.74, 6) is -1.08. The van der Waals surface area contributed by atoms with E-state index in [0.717, 1.165) is 17.3 Å². The van der Waals surface area contributed by atoms with E-state index in [-0.39, 0.29) is 28.4 Å². The third kappa shape index (κ3) is 2.97. The molecule has 1 aromatic carbocycles. The number of hydrogen-bond acceptors (Lipinski definition) is 6. The zero-order chi connectivity index (χ0) is 18.7. The first-order chi connectivity index (χ1) is 12.6. The number of aromatic nitrogens is 3. The average Bonchev–Trinajstić information content (AvgIpc) is 3.06. The van der Waals surface area contributed by atoms with Crippen LogP contribution < -0.4 is 9.62 Å². The molecule has 0 saturated carbocycles. The van der Waals surface area contributed by atoms with Crippen molar-refractivity contribution in [3.05, 3.63) is 53.5 Å². The molecule has 26 heavy (non-hydrogen) atoms. The van der Waals surface area contributed by atoms with Crippen LogP contribution in [0.15, 0.2) is 41.6 Å². The summed E-state index contributed by atoms with van der Waals surface area (Å²) in [6, 6.07) is 11.5. The lowest BCUT2D eigenvalue weighted by Gasteiger charge is -2.13. The van der Waals surface area contributed by atoms with Crippen molar-refractivity contribution in [1.29, 1.82) is 5.26 Å². The average molecular weight is 368 g/mol. The molecule has 0 spiro atoms. The SMILES string of the molecule is CCOC(=O)c1c(SC)c(C#N)c([O-])c2n(Cc3ccccc3)cn[n+]12. The Labute approximate surface area is 154 Å². The molecule has 0 bridgehead atoms. The number of pyridine rings is 1. The van der Waals surface area contributed by atoms with Crippen molar-refractivity contribution in [3.63, 3.8) is 0 Å². The molecule has 0 N–H and O–H groups in total. The molecule has 0 unspecified atom stereocenters. The Morgan fingerprint density at radius 2 is 2.15 bits per heavy atom. The van der Waals surface area contributed by atoms with Gasteiger partial charge < -0.3 is 9.84 Å². The summed E-state index contributed by atoms with van der Waals surface area (Å²) in [6.07, 6.45) is 3.18. The fourth-order valence-corrected chi connectivity index (χ4v) is 3.45. The second kappa shape index (κ2) is 7.45. The molecule has 0 atom stereocenters. The van der Waals surface area contributed by atoms with Gasteiger partial charge in [-0.1, -0.05) is 34.8 Å². The standard InChI is InChI=1S/C18H16N4O3S/c1-3-25-18(24)14-16(26-2)13(9-19)15(23)17-21(11-20-22(14)17)10-12-7-5-4-6-8-12/h4-8,11H,3,10H2,1-2H3. The minimum Gasteiger partial charge on any atom is -0.866 e. The molecule has 0 aliphatic carbocycles. The first-order valence-corrected chi connectivity index (χ1v) is 9.14. The predicted octanol–water partition coefficient (Wildman–Crippen LogP) is 1.51. The summed E-state index contributed by atoms with van der Waals surface area (Å²) < 4.78 is 8.02. The summed E-state index contributed by atoms with van der Waals surface area (Å²) in [5, 5.41) is 26.6. The Bertz CT molecular complexity index is 1010. The number of esters is 1. The van der Waals surface area contributed by atoms with Crippen LogP contribution in [0.1, 0.15) is 28.5 Å². The molecule has 0 saturated heterocycles. The van der Waals surface area contributed by atoms with Gasteiger partial charge in [0.15, 0.2) is 0 Å². The van der Waals surface area contributed by atoms with Crippen molar-refractivity contribution in [3.8, 4) is 11.8 Å². The van der Waals surface area contributed by atoms with Crippen LogP contribution in [0.2, 0.25) is 0 Å². The largest absolute Gasteiger partial charge is 0.866 e. The Kier molecular flexibility index (Phi) is 5.09.